The molecule has 3 aromatic rings. The van der Waals surface area contributed by atoms with Gasteiger partial charge in [-0.25, -0.2) is 0 Å². The van der Waals surface area contributed by atoms with E-state index in [-0.39, 0.29) is 0 Å². The zero-order valence-corrected chi connectivity index (χ0v) is 12.4. The van der Waals surface area contributed by atoms with Crippen LogP contribution in [0, 0.1) is 0 Å². The Labute approximate surface area is 132 Å². The zero-order chi connectivity index (χ0) is 14.7. The molecule has 2 aromatic carbocycles. The van der Waals surface area contributed by atoms with Crippen molar-refractivity contribution in [2.75, 3.05) is 5.43 Å². The lowest BCUT2D eigenvalue weighted by atomic mass is 10.2. The summed E-state index contributed by atoms with van der Waals surface area (Å²) < 4.78 is 0. The Morgan fingerprint density at radius 2 is 1.90 bits per heavy atom. The van der Waals surface area contributed by atoms with Crippen LogP contribution in [0.1, 0.15) is 5.56 Å². The summed E-state index contributed by atoms with van der Waals surface area (Å²) in [4.78, 5) is 4.29. The van der Waals surface area contributed by atoms with Crippen molar-refractivity contribution in [3.05, 3.63) is 70.3 Å². The predicted octanol–water partition coefficient (Wildman–Crippen LogP) is 4.99. The van der Waals surface area contributed by atoms with Crippen LogP contribution in [0.15, 0.2) is 59.8 Å². The van der Waals surface area contributed by atoms with Gasteiger partial charge in [0, 0.05) is 27.2 Å². The van der Waals surface area contributed by atoms with Crippen LogP contribution >= 0.6 is 23.2 Å². The molecule has 104 valence electrons. The van der Waals surface area contributed by atoms with E-state index in [1.165, 1.54) is 0 Å². The van der Waals surface area contributed by atoms with Crippen LogP contribution in [0.25, 0.3) is 10.9 Å². The van der Waals surface area contributed by atoms with Gasteiger partial charge >= 0.3 is 0 Å². The van der Waals surface area contributed by atoms with Gasteiger partial charge in [-0.1, -0.05) is 41.4 Å². The fourth-order valence-electron chi connectivity index (χ4n) is 1.97. The van der Waals surface area contributed by atoms with E-state index in [0.29, 0.717) is 10.0 Å². The van der Waals surface area contributed by atoms with Crippen molar-refractivity contribution in [2.45, 2.75) is 0 Å². The third-order valence-electron chi connectivity index (χ3n) is 3.00. The molecule has 0 aliphatic rings. The lowest BCUT2D eigenvalue weighted by molar-refractivity contribution is 1.33. The molecular formula is C16H11Cl2N3. The molecule has 0 atom stereocenters. The molecule has 0 radical (unpaired) electrons. The zero-order valence-electron chi connectivity index (χ0n) is 10.9. The molecule has 0 fully saturated rings. The second-order valence-corrected chi connectivity index (χ2v) is 5.26. The van der Waals surface area contributed by atoms with Crippen LogP contribution in [0.4, 0.5) is 5.69 Å². The molecule has 3 nitrogen and oxygen atoms in total. The minimum absolute atomic E-state index is 0.659. The maximum atomic E-state index is 6.07. The Balaban J connectivity index is 1.87. The molecule has 0 amide bonds. The van der Waals surface area contributed by atoms with Crippen LogP contribution in [-0.2, 0) is 0 Å². The topological polar surface area (TPSA) is 37.3 Å². The van der Waals surface area contributed by atoms with Crippen molar-refractivity contribution in [2.24, 2.45) is 5.10 Å². The number of halogens is 2. The average Bonchev–Trinajstić information content (AvgIpc) is 2.49. The molecular weight excluding hydrogens is 305 g/mol. The first-order valence-corrected chi connectivity index (χ1v) is 7.07. The molecule has 0 saturated heterocycles. The van der Waals surface area contributed by atoms with Crippen LogP contribution < -0.4 is 5.43 Å². The van der Waals surface area contributed by atoms with Crippen LogP contribution in [0.2, 0.25) is 10.0 Å². The Kier molecular flexibility index (Phi) is 4.04. The molecule has 1 heterocycles. The minimum atomic E-state index is 0.659. The van der Waals surface area contributed by atoms with Crippen molar-refractivity contribution in [3.63, 3.8) is 0 Å². The van der Waals surface area contributed by atoms with Crippen molar-refractivity contribution < 1.29 is 0 Å². The largest absolute Gasteiger partial charge is 0.278 e. The summed E-state index contributed by atoms with van der Waals surface area (Å²) in [7, 11) is 0. The van der Waals surface area contributed by atoms with Gasteiger partial charge in [-0.15, -0.1) is 0 Å². The van der Waals surface area contributed by atoms with E-state index >= 15 is 0 Å². The second-order valence-electron chi connectivity index (χ2n) is 4.41. The number of nitrogens with one attached hydrogen (secondary N) is 1. The number of hydrogen-bond donors (Lipinski definition) is 1. The summed E-state index contributed by atoms with van der Waals surface area (Å²) in [5, 5.41) is 6.50. The molecule has 0 unspecified atom stereocenters. The van der Waals surface area contributed by atoms with E-state index in [2.05, 4.69) is 15.5 Å². The SMILES string of the molecule is Clc1ccc2c(N/N=C\c3ccccc3Cl)ccnc2c1. The third kappa shape index (κ3) is 3.15. The molecule has 21 heavy (non-hydrogen) atoms. The highest BCUT2D eigenvalue weighted by molar-refractivity contribution is 6.33. The fraction of sp³-hybridized carbons (Fsp3) is 0. The molecule has 0 saturated carbocycles. The minimum Gasteiger partial charge on any atom is -0.278 e. The first kappa shape index (κ1) is 13.9. The van der Waals surface area contributed by atoms with Crippen molar-refractivity contribution in [1.82, 2.24) is 4.98 Å². The summed E-state index contributed by atoms with van der Waals surface area (Å²) in [5.41, 5.74) is 5.55. The number of hydrogen-bond acceptors (Lipinski definition) is 3. The summed E-state index contributed by atoms with van der Waals surface area (Å²) in [6, 6.07) is 14.9. The first-order valence-electron chi connectivity index (χ1n) is 6.32. The monoisotopic (exact) mass is 315 g/mol. The van der Waals surface area contributed by atoms with Gasteiger partial charge in [0.1, 0.15) is 0 Å². The summed E-state index contributed by atoms with van der Waals surface area (Å²) >= 11 is 12.0. The van der Waals surface area contributed by atoms with Gasteiger partial charge in [0.2, 0.25) is 0 Å². The Morgan fingerprint density at radius 1 is 1.05 bits per heavy atom. The quantitative estimate of drug-likeness (QED) is 0.546. The summed E-state index contributed by atoms with van der Waals surface area (Å²) in [6.45, 7) is 0. The fourth-order valence-corrected chi connectivity index (χ4v) is 2.32. The average molecular weight is 316 g/mol. The third-order valence-corrected chi connectivity index (χ3v) is 3.58. The van der Waals surface area contributed by atoms with E-state index < -0.39 is 0 Å². The first-order chi connectivity index (χ1) is 10.2. The van der Waals surface area contributed by atoms with Crippen molar-refractivity contribution >= 4 is 46.0 Å². The van der Waals surface area contributed by atoms with Gasteiger partial charge < -0.3 is 0 Å². The van der Waals surface area contributed by atoms with Crippen LogP contribution in [0.3, 0.4) is 0 Å². The lowest BCUT2D eigenvalue weighted by Crippen LogP contribution is -1.93. The predicted molar refractivity (Wildman–Crippen MR) is 89.4 cm³/mol. The number of fused-ring (bicyclic) bond motifs is 1. The Morgan fingerprint density at radius 3 is 2.76 bits per heavy atom. The molecule has 1 aromatic heterocycles. The van der Waals surface area contributed by atoms with Crippen LogP contribution in [0.5, 0.6) is 0 Å². The molecule has 3 rings (SSSR count). The molecule has 0 bridgehead atoms. The van der Waals surface area contributed by atoms with Gasteiger partial charge in [0.05, 0.1) is 17.4 Å². The van der Waals surface area contributed by atoms with E-state index in [1.54, 1.807) is 12.4 Å². The van der Waals surface area contributed by atoms with E-state index in [9.17, 15) is 0 Å². The standard InChI is InChI=1S/C16H11Cl2N3/c17-12-5-6-13-15(7-8-19-16(13)9-12)21-20-10-11-3-1-2-4-14(11)18/h1-10H,(H,19,21)/b20-10-. The molecule has 5 heteroatoms. The maximum absolute atomic E-state index is 6.07. The molecule has 1 N–H and O–H groups in total. The number of pyridine rings is 1. The maximum Gasteiger partial charge on any atom is 0.0738 e. The number of anilines is 1. The lowest BCUT2D eigenvalue weighted by Gasteiger charge is -2.05. The van der Waals surface area contributed by atoms with E-state index in [1.807, 2.05) is 48.5 Å². The highest BCUT2D eigenvalue weighted by Crippen LogP contribution is 2.24. The number of nitrogens with zero attached hydrogens (tertiary/aromatic N) is 2. The number of aromatic nitrogens is 1. The van der Waals surface area contributed by atoms with Crippen molar-refractivity contribution in [1.29, 1.82) is 0 Å². The van der Waals surface area contributed by atoms with Crippen molar-refractivity contribution in [3.8, 4) is 0 Å². The van der Waals surface area contributed by atoms with Gasteiger partial charge in [-0.3, -0.25) is 10.4 Å². The van der Waals surface area contributed by atoms with Gasteiger partial charge in [0.15, 0.2) is 0 Å². The summed E-state index contributed by atoms with van der Waals surface area (Å²) in [5.74, 6) is 0. The molecule has 0 spiro atoms. The Hall–Kier alpha value is -2.10. The Bertz CT molecular complexity index is 815. The van der Waals surface area contributed by atoms with Crippen LogP contribution in [-0.4, -0.2) is 11.2 Å². The number of rotatable bonds is 3. The second kappa shape index (κ2) is 6.12. The molecule has 0 aliphatic carbocycles. The normalized spacial score (nSPS) is 11.1. The van der Waals surface area contributed by atoms with Gasteiger partial charge in [-0.05, 0) is 30.3 Å². The number of benzene rings is 2. The van der Waals surface area contributed by atoms with Gasteiger partial charge in [0.25, 0.3) is 0 Å². The highest BCUT2D eigenvalue weighted by Gasteiger charge is 2.01. The summed E-state index contributed by atoms with van der Waals surface area (Å²) in [6.07, 6.45) is 3.40. The molecule has 0 aliphatic heterocycles. The smallest absolute Gasteiger partial charge is 0.0738 e. The number of hydrazone groups is 1. The van der Waals surface area contributed by atoms with E-state index in [0.717, 1.165) is 22.2 Å². The highest BCUT2D eigenvalue weighted by atomic mass is 35.5. The van der Waals surface area contributed by atoms with E-state index in [4.69, 9.17) is 23.2 Å². The van der Waals surface area contributed by atoms with Gasteiger partial charge in [-0.2, -0.15) is 5.10 Å².